The van der Waals surface area contributed by atoms with Crippen molar-refractivity contribution in [2.45, 2.75) is 26.3 Å². The Balaban J connectivity index is 1.57. The highest BCUT2D eigenvalue weighted by Crippen LogP contribution is 2.42. The molecule has 1 aliphatic rings. The van der Waals surface area contributed by atoms with Crippen molar-refractivity contribution in [1.29, 1.82) is 0 Å². The van der Waals surface area contributed by atoms with Crippen molar-refractivity contribution in [1.82, 2.24) is 0 Å². The number of fused-ring (bicyclic) bond motifs is 1. The van der Waals surface area contributed by atoms with E-state index in [-0.39, 0.29) is 11.3 Å². The molecule has 1 amide bonds. The van der Waals surface area contributed by atoms with E-state index < -0.39 is 29.5 Å². The van der Waals surface area contributed by atoms with Gasteiger partial charge in [0.2, 0.25) is 5.78 Å². The monoisotopic (exact) mass is 495 g/mol. The molecule has 0 aliphatic carbocycles. The lowest BCUT2D eigenvalue weighted by Gasteiger charge is -2.27. The fraction of sp³-hybridized carbons (Fsp3) is 0.167. The van der Waals surface area contributed by atoms with Gasteiger partial charge in [0.15, 0.2) is 11.5 Å². The summed E-state index contributed by atoms with van der Waals surface area (Å²) in [6.07, 6.45) is 0.706. The molecule has 0 fully saturated rings. The van der Waals surface area contributed by atoms with Crippen LogP contribution in [0.2, 0.25) is 0 Å². The van der Waals surface area contributed by atoms with Crippen LogP contribution in [0.15, 0.2) is 94.6 Å². The van der Waals surface area contributed by atoms with Gasteiger partial charge in [-0.05, 0) is 55.3 Å². The van der Waals surface area contributed by atoms with Gasteiger partial charge in [0.25, 0.3) is 5.91 Å². The van der Waals surface area contributed by atoms with Crippen LogP contribution in [0.25, 0.3) is 11.0 Å². The number of furan rings is 1. The number of hydrogen-bond donors (Lipinski definition) is 1. The Bertz CT molecular complexity index is 1510. The molecule has 7 heteroatoms. The third kappa shape index (κ3) is 4.40. The van der Waals surface area contributed by atoms with Crippen LogP contribution in [0, 0.1) is 6.92 Å². The van der Waals surface area contributed by atoms with Crippen LogP contribution >= 0.6 is 0 Å². The molecule has 0 radical (unpaired) electrons. The van der Waals surface area contributed by atoms with E-state index in [0.29, 0.717) is 35.4 Å². The molecular formula is C30H25NO6. The van der Waals surface area contributed by atoms with Crippen LogP contribution in [0.1, 0.15) is 51.4 Å². The molecule has 1 aromatic heterocycles. The molecular weight excluding hydrogens is 470 g/mol. The van der Waals surface area contributed by atoms with Gasteiger partial charge in [-0.3, -0.25) is 14.5 Å². The first-order chi connectivity index (χ1) is 17.9. The van der Waals surface area contributed by atoms with Crippen molar-refractivity contribution >= 4 is 34.3 Å². The number of carbonyl (C=O) groups excluding carboxylic acids is 3. The van der Waals surface area contributed by atoms with Gasteiger partial charge < -0.3 is 14.3 Å². The van der Waals surface area contributed by atoms with E-state index >= 15 is 0 Å². The van der Waals surface area contributed by atoms with E-state index in [1.54, 1.807) is 48.5 Å². The Morgan fingerprint density at radius 1 is 1.00 bits per heavy atom. The summed E-state index contributed by atoms with van der Waals surface area (Å²) in [6.45, 7) is 4.13. The number of ether oxygens (including phenoxy) is 1. The lowest BCUT2D eigenvalue weighted by Crippen LogP contribution is -2.31. The molecule has 5 rings (SSSR count). The van der Waals surface area contributed by atoms with Crippen LogP contribution < -0.4 is 4.90 Å². The van der Waals surface area contributed by atoms with Crippen molar-refractivity contribution < 1.29 is 28.6 Å². The fourth-order valence-electron chi connectivity index (χ4n) is 4.52. The summed E-state index contributed by atoms with van der Waals surface area (Å²) in [5, 5.41) is 11.7. The number of benzene rings is 3. The summed E-state index contributed by atoms with van der Waals surface area (Å²) in [5.74, 6) is -2.35. The lowest BCUT2D eigenvalue weighted by molar-refractivity contribution is -0.117. The largest absolute Gasteiger partial charge is 0.503 e. The average Bonchev–Trinajstić information content (AvgIpc) is 3.46. The Hall–Kier alpha value is -4.65. The minimum absolute atomic E-state index is 0.0315. The third-order valence-corrected chi connectivity index (χ3v) is 6.28. The molecule has 7 nitrogen and oxygen atoms in total. The predicted octanol–water partition coefficient (Wildman–Crippen LogP) is 6.09. The highest BCUT2D eigenvalue weighted by atomic mass is 16.5. The Morgan fingerprint density at radius 2 is 1.76 bits per heavy atom. The number of aliphatic hydroxyl groups excluding tert-OH is 1. The number of ketones is 1. The SMILES string of the molecule is CCCOC(=O)c1ccc(N2C(=O)C(O)=C(C(=O)c3cc4ccccc4o3)C2c2cccc(C)c2)cc1. The summed E-state index contributed by atoms with van der Waals surface area (Å²) in [6, 6.07) is 21.6. The second kappa shape index (κ2) is 9.78. The number of carbonyl (C=O) groups is 3. The van der Waals surface area contributed by atoms with Crippen LogP contribution in [0.5, 0.6) is 0 Å². The summed E-state index contributed by atoms with van der Waals surface area (Å²) in [7, 11) is 0. The number of para-hydroxylation sites is 1. The van der Waals surface area contributed by atoms with Gasteiger partial charge in [-0.1, -0.05) is 55.0 Å². The zero-order valence-electron chi connectivity index (χ0n) is 20.4. The first-order valence-corrected chi connectivity index (χ1v) is 12.0. The van der Waals surface area contributed by atoms with Crippen molar-refractivity contribution in [2.24, 2.45) is 0 Å². The van der Waals surface area contributed by atoms with E-state index in [1.807, 2.05) is 44.2 Å². The summed E-state index contributed by atoms with van der Waals surface area (Å²) in [4.78, 5) is 40.7. The Kier molecular flexibility index (Phi) is 6.36. The van der Waals surface area contributed by atoms with Gasteiger partial charge in [0.1, 0.15) is 5.58 Å². The predicted molar refractivity (Wildman–Crippen MR) is 139 cm³/mol. The number of aryl methyl sites for hydroxylation is 1. The molecule has 37 heavy (non-hydrogen) atoms. The van der Waals surface area contributed by atoms with Crippen LogP contribution in [-0.2, 0) is 9.53 Å². The van der Waals surface area contributed by atoms with Gasteiger partial charge in [-0.25, -0.2) is 4.79 Å². The summed E-state index contributed by atoms with van der Waals surface area (Å²) in [5.41, 5.74) is 2.81. The standard InChI is InChI=1S/C30H25NO6/c1-3-15-36-30(35)19-11-13-22(14-12-19)31-26(21-9-6-7-18(2)16-21)25(28(33)29(31)34)27(32)24-17-20-8-4-5-10-23(20)37-24/h4-14,16-17,26,33H,3,15H2,1-2H3. The minimum atomic E-state index is -0.897. The number of anilines is 1. The van der Waals surface area contributed by atoms with E-state index in [1.165, 1.54) is 4.90 Å². The highest BCUT2D eigenvalue weighted by molar-refractivity contribution is 6.20. The highest BCUT2D eigenvalue weighted by Gasteiger charge is 2.45. The number of Topliss-reactive ketones (excluding diaryl/α,β-unsaturated/α-hetero) is 1. The smallest absolute Gasteiger partial charge is 0.338 e. The molecule has 0 bridgehead atoms. The molecule has 3 aromatic carbocycles. The molecule has 0 spiro atoms. The third-order valence-electron chi connectivity index (χ3n) is 6.28. The van der Waals surface area contributed by atoms with Gasteiger partial charge in [-0.15, -0.1) is 0 Å². The van der Waals surface area contributed by atoms with Gasteiger partial charge in [-0.2, -0.15) is 0 Å². The average molecular weight is 496 g/mol. The molecule has 1 atom stereocenters. The normalized spacial score (nSPS) is 15.5. The van der Waals surface area contributed by atoms with Crippen LogP contribution in [0.3, 0.4) is 0 Å². The second-order valence-electron chi connectivity index (χ2n) is 8.91. The van der Waals surface area contributed by atoms with Crippen molar-refractivity contribution in [2.75, 3.05) is 11.5 Å². The van der Waals surface area contributed by atoms with Crippen molar-refractivity contribution in [3.63, 3.8) is 0 Å². The maximum atomic E-state index is 13.7. The van der Waals surface area contributed by atoms with Crippen molar-refractivity contribution in [3.8, 4) is 0 Å². The van der Waals surface area contributed by atoms with Crippen LogP contribution in [0.4, 0.5) is 5.69 Å². The van der Waals surface area contributed by atoms with E-state index in [0.717, 1.165) is 10.9 Å². The first kappa shape index (κ1) is 24.1. The maximum absolute atomic E-state index is 13.7. The van der Waals surface area contributed by atoms with Gasteiger partial charge >= 0.3 is 5.97 Å². The van der Waals surface area contributed by atoms with Gasteiger partial charge in [0, 0.05) is 11.1 Å². The fourth-order valence-corrected chi connectivity index (χ4v) is 4.52. The maximum Gasteiger partial charge on any atom is 0.338 e. The molecule has 1 aliphatic heterocycles. The Labute approximate surface area is 213 Å². The number of hydrogen-bond acceptors (Lipinski definition) is 6. The molecule has 0 saturated heterocycles. The van der Waals surface area contributed by atoms with E-state index in [4.69, 9.17) is 9.15 Å². The lowest BCUT2D eigenvalue weighted by atomic mass is 9.93. The zero-order chi connectivity index (χ0) is 26.1. The molecule has 4 aromatic rings. The quantitative estimate of drug-likeness (QED) is 0.246. The van der Waals surface area contributed by atoms with Crippen molar-refractivity contribution in [3.05, 3.63) is 113 Å². The number of rotatable bonds is 7. The number of esters is 1. The van der Waals surface area contributed by atoms with E-state index in [9.17, 15) is 19.5 Å². The Morgan fingerprint density at radius 3 is 2.46 bits per heavy atom. The number of nitrogens with zero attached hydrogens (tertiary/aromatic N) is 1. The molecule has 2 heterocycles. The molecule has 0 saturated carbocycles. The zero-order valence-corrected chi connectivity index (χ0v) is 20.4. The minimum Gasteiger partial charge on any atom is -0.503 e. The number of amides is 1. The topological polar surface area (TPSA) is 97.0 Å². The van der Waals surface area contributed by atoms with Crippen LogP contribution in [-0.4, -0.2) is 29.4 Å². The van der Waals surface area contributed by atoms with E-state index in [2.05, 4.69) is 0 Å². The summed E-state index contributed by atoms with van der Waals surface area (Å²) >= 11 is 0. The first-order valence-electron chi connectivity index (χ1n) is 12.0. The second-order valence-corrected chi connectivity index (χ2v) is 8.91. The molecule has 186 valence electrons. The molecule has 1 N–H and O–H groups in total. The summed E-state index contributed by atoms with van der Waals surface area (Å²) < 4.78 is 11.0. The number of aliphatic hydroxyl groups is 1. The van der Waals surface area contributed by atoms with Gasteiger partial charge in [0.05, 0.1) is 23.8 Å². The molecule has 1 unspecified atom stereocenters.